The molecule has 4 rings (SSSR count). The smallest absolute Gasteiger partial charge is 0.236 e. The molecule has 0 radical (unpaired) electrons. The van der Waals surface area contributed by atoms with Gasteiger partial charge in [-0.05, 0) is 25.8 Å². The minimum Gasteiger partial charge on any atom is -0.358 e. The second kappa shape index (κ2) is 5.30. The fourth-order valence-corrected chi connectivity index (χ4v) is 4.32. The summed E-state index contributed by atoms with van der Waals surface area (Å²) in [4.78, 5) is 42.3. The number of Topliss-reactive ketones (excluding diaryl/α,β-unsaturated/α-hetero) is 1. The van der Waals surface area contributed by atoms with Crippen molar-refractivity contribution in [1.29, 1.82) is 0 Å². The number of nitrogens with zero attached hydrogens (tertiary/aromatic N) is 1. The van der Waals surface area contributed by atoms with Crippen LogP contribution >= 0.6 is 0 Å². The first kappa shape index (κ1) is 15.1. The van der Waals surface area contributed by atoms with E-state index in [2.05, 4.69) is 4.98 Å². The molecule has 1 spiro atoms. The lowest BCUT2D eigenvalue weighted by Gasteiger charge is -2.20. The molecule has 1 saturated heterocycles. The molecule has 1 aromatic carbocycles. The van der Waals surface area contributed by atoms with Crippen LogP contribution < -0.4 is 0 Å². The number of benzene rings is 1. The highest BCUT2D eigenvalue weighted by Crippen LogP contribution is 2.46. The summed E-state index contributed by atoms with van der Waals surface area (Å²) in [6.45, 7) is 1.70. The number of amides is 2. The lowest BCUT2D eigenvalue weighted by molar-refractivity contribution is -0.140. The molecule has 5 nitrogen and oxygen atoms in total. The Hall–Kier alpha value is -2.43. The molecule has 1 saturated carbocycles. The molecular formula is C19H20N2O3. The van der Waals surface area contributed by atoms with Crippen molar-refractivity contribution in [2.24, 2.45) is 5.41 Å². The van der Waals surface area contributed by atoms with Gasteiger partial charge >= 0.3 is 0 Å². The number of ketones is 1. The summed E-state index contributed by atoms with van der Waals surface area (Å²) < 4.78 is 0. The largest absolute Gasteiger partial charge is 0.358 e. The second-order valence-electron chi connectivity index (χ2n) is 7.04. The quantitative estimate of drug-likeness (QED) is 0.697. The highest BCUT2D eigenvalue weighted by molar-refractivity contribution is 6.14. The van der Waals surface area contributed by atoms with Crippen LogP contribution in [-0.4, -0.2) is 34.0 Å². The van der Waals surface area contributed by atoms with E-state index >= 15 is 0 Å². The third-order valence-corrected chi connectivity index (χ3v) is 5.52. The number of para-hydroxylation sites is 1. The summed E-state index contributed by atoms with van der Waals surface area (Å²) in [5.74, 6) is -0.523. The summed E-state index contributed by atoms with van der Waals surface area (Å²) in [5, 5.41) is 0.842. The number of carbonyl (C=O) groups excluding carboxylic acids is 3. The Balaban J connectivity index is 1.63. The molecular weight excluding hydrogens is 304 g/mol. The van der Waals surface area contributed by atoms with E-state index in [0.717, 1.165) is 42.3 Å². The normalized spacial score (nSPS) is 19.8. The summed E-state index contributed by atoms with van der Waals surface area (Å²) >= 11 is 0. The van der Waals surface area contributed by atoms with Gasteiger partial charge in [0, 0.05) is 28.6 Å². The number of carbonyl (C=O) groups is 3. The molecule has 0 atom stereocenters. The molecule has 124 valence electrons. The number of hydrogen-bond donors (Lipinski definition) is 1. The fourth-order valence-electron chi connectivity index (χ4n) is 4.32. The first-order valence-corrected chi connectivity index (χ1v) is 8.47. The number of H-pyrrole nitrogens is 1. The average Bonchev–Trinajstić information content (AvgIpc) is 3.20. The Kier molecular flexibility index (Phi) is 3.34. The van der Waals surface area contributed by atoms with E-state index in [1.165, 1.54) is 4.90 Å². The molecule has 0 bridgehead atoms. The molecule has 2 aliphatic rings. The van der Waals surface area contributed by atoms with Crippen LogP contribution in [0.15, 0.2) is 24.3 Å². The van der Waals surface area contributed by atoms with Crippen LogP contribution in [0.1, 0.15) is 48.2 Å². The van der Waals surface area contributed by atoms with Crippen LogP contribution in [0.4, 0.5) is 0 Å². The molecule has 1 aliphatic heterocycles. The van der Waals surface area contributed by atoms with E-state index in [4.69, 9.17) is 0 Å². The van der Waals surface area contributed by atoms with Crippen LogP contribution in [0, 0.1) is 12.3 Å². The van der Waals surface area contributed by atoms with E-state index in [1.807, 2.05) is 31.2 Å². The van der Waals surface area contributed by atoms with Crippen molar-refractivity contribution in [3.8, 4) is 0 Å². The van der Waals surface area contributed by atoms with E-state index in [9.17, 15) is 14.4 Å². The van der Waals surface area contributed by atoms with Crippen molar-refractivity contribution in [2.45, 2.75) is 39.0 Å². The standard InChI is InChI=1S/C19H20N2O3/c1-12-17(13-6-2-3-7-14(13)20-12)15(22)11-21-16(23)10-19(18(21)24)8-4-5-9-19/h2-3,6-7,20H,4-5,8-11H2,1H3. The van der Waals surface area contributed by atoms with Crippen LogP contribution in [0.2, 0.25) is 0 Å². The lowest BCUT2D eigenvalue weighted by Crippen LogP contribution is -2.38. The maximum absolute atomic E-state index is 12.8. The molecule has 2 heterocycles. The van der Waals surface area contributed by atoms with Gasteiger partial charge in [-0.1, -0.05) is 31.0 Å². The van der Waals surface area contributed by atoms with E-state index in [0.29, 0.717) is 5.56 Å². The van der Waals surface area contributed by atoms with E-state index < -0.39 is 5.41 Å². The van der Waals surface area contributed by atoms with Crippen LogP contribution in [-0.2, 0) is 9.59 Å². The van der Waals surface area contributed by atoms with Crippen molar-refractivity contribution in [2.75, 3.05) is 6.54 Å². The summed E-state index contributed by atoms with van der Waals surface area (Å²) in [5.41, 5.74) is 1.73. The van der Waals surface area contributed by atoms with Crippen molar-refractivity contribution < 1.29 is 14.4 Å². The van der Waals surface area contributed by atoms with Crippen molar-refractivity contribution in [3.05, 3.63) is 35.5 Å². The van der Waals surface area contributed by atoms with Gasteiger partial charge in [-0.2, -0.15) is 0 Å². The molecule has 1 aromatic heterocycles. The topological polar surface area (TPSA) is 70.2 Å². The van der Waals surface area contributed by atoms with Gasteiger partial charge in [0.05, 0.1) is 12.0 Å². The van der Waals surface area contributed by atoms with Gasteiger partial charge in [0.2, 0.25) is 11.8 Å². The number of likely N-dealkylation sites (tertiary alicyclic amines) is 1. The minimum atomic E-state index is -0.521. The Bertz CT molecular complexity index is 859. The molecule has 2 fully saturated rings. The fraction of sp³-hybridized carbons (Fsp3) is 0.421. The Labute approximate surface area is 140 Å². The van der Waals surface area contributed by atoms with Gasteiger partial charge < -0.3 is 4.98 Å². The molecule has 2 amide bonds. The molecule has 24 heavy (non-hydrogen) atoms. The number of rotatable bonds is 3. The van der Waals surface area contributed by atoms with Crippen molar-refractivity contribution >= 4 is 28.5 Å². The Morgan fingerprint density at radius 2 is 1.92 bits per heavy atom. The molecule has 1 aliphatic carbocycles. The predicted octanol–water partition coefficient (Wildman–Crippen LogP) is 2.98. The number of nitrogens with one attached hydrogen (secondary N) is 1. The van der Waals surface area contributed by atoms with Gasteiger partial charge in [-0.25, -0.2) is 0 Å². The van der Waals surface area contributed by atoms with Crippen LogP contribution in [0.25, 0.3) is 10.9 Å². The van der Waals surface area contributed by atoms with Gasteiger partial charge in [0.1, 0.15) is 0 Å². The third kappa shape index (κ3) is 2.11. The Morgan fingerprint density at radius 1 is 1.21 bits per heavy atom. The number of imide groups is 1. The maximum atomic E-state index is 12.8. The number of aromatic nitrogens is 1. The van der Waals surface area contributed by atoms with Crippen molar-refractivity contribution in [1.82, 2.24) is 9.88 Å². The zero-order chi connectivity index (χ0) is 16.9. The van der Waals surface area contributed by atoms with Crippen LogP contribution in [0.5, 0.6) is 0 Å². The monoisotopic (exact) mass is 324 g/mol. The van der Waals surface area contributed by atoms with Gasteiger partial charge in [-0.3, -0.25) is 19.3 Å². The third-order valence-electron chi connectivity index (χ3n) is 5.52. The summed E-state index contributed by atoms with van der Waals surface area (Å²) in [6, 6.07) is 7.59. The first-order valence-electron chi connectivity index (χ1n) is 8.47. The lowest BCUT2D eigenvalue weighted by atomic mass is 9.84. The predicted molar refractivity (Wildman–Crippen MR) is 89.6 cm³/mol. The average molecular weight is 324 g/mol. The van der Waals surface area contributed by atoms with E-state index in [-0.39, 0.29) is 30.6 Å². The van der Waals surface area contributed by atoms with Crippen molar-refractivity contribution in [3.63, 3.8) is 0 Å². The highest BCUT2D eigenvalue weighted by atomic mass is 16.2. The second-order valence-corrected chi connectivity index (χ2v) is 7.04. The number of fused-ring (bicyclic) bond motifs is 1. The SMILES string of the molecule is Cc1[nH]c2ccccc2c1C(=O)CN1C(=O)CC2(CCCC2)C1=O. The summed E-state index contributed by atoms with van der Waals surface area (Å²) in [6.07, 6.45) is 3.79. The zero-order valence-electron chi connectivity index (χ0n) is 13.7. The molecule has 5 heteroatoms. The van der Waals surface area contributed by atoms with Gasteiger partial charge in [0.25, 0.3) is 0 Å². The minimum absolute atomic E-state index is 0.143. The first-order chi connectivity index (χ1) is 11.5. The zero-order valence-corrected chi connectivity index (χ0v) is 13.7. The van der Waals surface area contributed by atoms with Gasteiger partial charge in [0.15, 0.2) is 5.78 Å². The number of hydrogen-bond acceptors (Lipinski definition) is 3. The van der Waals surface area contributed by atoms with Crippen LogP contribution in [0.3, 0.4) is 0 Å². The maximum Gasteiger partial charge on any atom is 0.236 e. The molecule has 1 N–H and O–H groups in total. The highest BCUT2D eigenvalue weighted by Gasteiger charge is 2.52. The molecule has 0 unspecified atom stereocenters. The number of aromatic amines is 1. The molecule has 2 aromatic rings. The number of aryl methyl sites for hydroxylation is 1. The van der Waals surface area contributed by atoms with E-state index in [1.54, 1.807) is 0 Å². The Morgan fingerprint density at radius 3 is 2.67 bits per heavy atom. The van der Waals surface area contributed by atoms with Gasteiger partial charge in [-0.15, -0.1) is 0 Å². The summed E-state index contributed by atoms with van der Waals surface area (Å²) in [7, 11) is 0.